The summed E-state index contributed by atoms with van der Waals surface area (Å²) in [5.74, 6) is 0.685. The van der Waals surface area contributed by atoms with Crippen LogP contribution >= 0.6 is 0 Å². The Labute approximate surface area is 156 Å². The van der Waals surface area contributed by atoms with Crippen LogP contribution in [0.25, 0.3) is 0 Å². The summed E-state index contributed by atoms with van der Waals surface area (Å²) in [4.78, 5) is 12.6. The fourth-order valence-corrected chi connectivity index (χ4v) is 3.53. The van der Waals surface area contributed by atoms with Crippen LogP contribution in [0.4, 0.5) is 0 Å². The maximum Gasteiger partial charge on any atom is 0.261 e. The molecule has 3 rings (SSSR count). The van der Waals surface area contributed by atoms with Crippen LogP contribution in [-0.2, 0) is 17.6 Å². The Bertz CT molecular complexity index is 797. The van der Waals surface area contributed by atoms with Crippen LogP contribution in [0, 0.1) is 13.8 Å². The van der Waals surface area contributed by atoms with Crippen molar-refractivity contribution in [1.82, 2.24) is 5.32 Å². The van der Waals surface area contributed by atoms with Gasteiger partial charge >= 0.3 is 0 Å². The van der Waals surface area contributed by atoms with Gasteiger partial charge in [0.2, 0.25) is 0 Å². The molecule has 3 nitrogen and oxygen atoms in total. The number of benzene rings is 2. The van der Waals surface area contributed by atoms with Gasteiger partial charge in [-0.1, -0.05) is 30.3 Å². The standard InChI is InChI=1S/C23H29NO2/c1-15-8-7-11-22(16(15)2)26-18(4)23(25)24-17(3)20-13-12-19-9-5-6-10-21(19)14-20/h7-8,11-14,17-18H,5-6,9-10H2,1-4H3,(H,24,25)/t17-,18+/m1/s1. The summed E-state index contributed by atoms with van der Waals surface area (Å²) in [7, 11) is 0. The highest BCUT2D eigenvalue weighted by Gasteiger charge is 2.19. The smallest absolute Gasteiger partial charge is 0.261 e. The van der Waals surface area contributed by atoms with Crippen molar-refractivity contribution in [2.45, 2.75) is 65.5 Å². The summed E-state index contributed by atoms with van der Waals surface area (Å²) in [6.07, 6.45) is 4.34. The summed E-state index contributed by atoms with van der Waals surface area (Å²) >= 11 is 0. The van der Waals surface area contributed by atoms with E-state index in [2.05, 4.69) is 23.5 Å². The zero-order valence-electron chi connectivity index (χ0n) is 16.3. The van der Waals surface area contributed by atoms with E-state index in [4.69, 9.17) is 4.74 Å². The van der Waals surface area contributed by atoms with E-state index in [0.29, 0.717) is 0 Å². The molecule has 26 heavy (non-hydrogen) atoms. The first-order valence-electron chi connectivity index (χ1n) is 9.60. The Morgan fingerprint density at radius 3 is 2.54 bits per heavy atom. The average molecular weight is 351 g/mol. The number of aryl methyl sites for hydroxylation is 3. The lowest BCUT2D eigenvalue weighted by Gasteiger charge is -2.22. The molecular weight excluding hydrogens is 322 g/mol. The maximum atomic E-state index is 12.6. The number of hydrogen-bond acceptors (Lipinski definition) is 2. The lowest BCUT2D eigenvalue weighted by molar-refractivity contribution is -0.127. The van der Waals surface area contributed by atoms with E-state index in [0.717, 1.165) is 28.9 Å². The summed E-state index contributed by atoms with van der Waals surface area (Å²) in [5, 5.41) is 3.09. The molecule has 0 saturated heterocycles. The molecule has 0 saturated carbocycles. The predicted molar refractivity (Wildman–Crippen MR) is 106 cm³/mol. The van der Waals surface area contributed by atoms with Gasteiger partial charge in [0.15, 0.2) is 6.10 Å². The normalized spacial score (nSPS) is 15.7. The first kappa shape index (κ1) is 18.5. The number of ether oxygens (including phenoxy) is 1. The van der Waals surface area contributed by atoms with E-state index < -0.39 is 6.10 Å². The molecule has 0 spiro atoms. The van der Waals surface area contributed by atoms with Crippen molar-refractivity contribution in [3.8, 4) is 5.75 Å². The van der Waals surface area contributed by atoms with Gasteiger partial charge in [0, 0.05) is 0 Å². The molecular formula is C23H29NO2. The quantitative estimate of drug-likeness (QED) is 0.838. The van der Waals surface area contributed by atoms with Gasteiger partial charge in [0.25, 0.3) is 5.91 Å². The molecule has 0 aliphatic heterocycles. The molecule has 2 atom stereocenters. The van der Waals surface area contributed by atoms with Gasteiger partial charge in [-0.05, 0) is 87.3 Å². The maximum absolute atomic E-state index is 12.6. The number of fused-ring (bicyclic) bond motifs is 1. The third kappa shape index (κ3) is 4.09. The monoisotopic (exact) mass is 351 g/mol. The van der Waals surface area contributed by atoms with E-state index in [-0.39, 0.29) is 11.9 Å². The van der Waals surface area contributed by atoms with Crippen molar-refractivity contribution >= 4 is 5.91 Å². The first-order valence-corrected chi connectivity index (χ1v) is 9.60. The fraction of sp³-hybridized carbons (Fsp3) is 0.435. The van der Waals surface area contributed by atoms with E-state index >= 15 is 0 Å². The van der Waals surface area contributed by atoms with Crippen LogP contribution < -0.4 is 10.1 Å². The van der Waals surface area contributed by atoms with E-state index in [1.807, 2.05) is 39.0 Å². The third-order valence-corrected chi connectivity index (χ3v) is 5.46. The predicted octanol–water partition coefficient (Wildman–Crippen LogP) is 4.83. The summed E-state index contributed by atoms with van der Waals surface area (Å²) in [6, 6.07) is 12.5. The average Bonchev–Trinajstić information content (AvgIpc) is 2.64. The van der Waals surface area contributed by atoms with E-state index in [1.165, 1.54) is 30.4 Å². The van der Waals surface area contributed by atoms with Gasteiger partial charge in [-0.3, -0.25) is 4.79 Å². The highest BCUT2D eigenvalue weighted by atomic mass is 16.5. The van der Waals surface area contributed by atoms with Crippen molar-refractivity contribution in [2.24, 2.45) is 0 Å². The molecule has 138 valence electrons. The number of amides is 1. The Kier molecular flexibility index (Phi) is 5.65. The minimum atomic E-state index is -0.532. The molecule has 0 heterocycles. The van der Waals surface area contributed by atoms with Gasteiger partial charge in [-0.15, -0.1) is 0 Å². The van der Waals surface area contributed by atoms with Gasteiger partial charge in [-0.25, -0.2) is 0 Å². The van der Waals surface area contributed by atoms with Crippen LogP contribution in [0.3, 0.4) is 0 Å². The summed E-state index contributed by atoms with van der Waals surface area (Å²) in [5.41, 5.74) is 6.31. The van der Waals surface area contributed by atoms with Crippen molar-refractivity contribution in [1.29, 1.82) is 0 Å². The molecule has 0 unspecified atom stereocenters. The molecule has 0 fully saturated rings. The lowest BCUT2D eigenvalue weighted by atomic mass is 9.89. The molecule has 3 heteroatoms. The fourth-order valence-electron chi connectivity index (χ4n) is 3.53. The van der Waals surface area contributed by atoms with Crippen LogP contribution in [-0.4, -0.2) is 12.0 Å². The minimum Gasteiger partial charge on any atom is -0.481 e. The molecule has 0 radical (unpaired) electrons. The topological polar surface area (TPSA) is 38.3 Å². The van der Waals surface area contributed by atoms with Gasteiger partial charge in [-0.2, -0.15) is 0 Å². The number of nitrogens with one attached hydrogen (secondary N) is 1. The molecule has 1 N–H and O–H groups in total. The number of carbonyl (C=O) groups is 1. The molecule has 1 amide bonds. The Hall–Kier alpha value is -2.29. The van der Waals surface area contributed by atoms with Crippen molar-refractivity contribution in [3.63, 3.8) is 0 Å². The van der Waals surface area contributed by atoms with E-state index in [9.17, 15) is 4.79 Å². The molecule has 0 aromatic heterocycles. The second kappa shape index (κ2) is 7.94. The van der Waals surface area contributed by atoms with Crippen LogP contribution in [0.15, 0.2) is 36.4 Å². The SMILES string of the molecule is Cc1cccc(O[C@@H](C)C(=O)N[C@H](C)c2ccc3c(c2)CCCC3)c1C. The Morgan fingerprint density at radius 1 is 1.04 bits per heavy atom. The highest BCUT2D eigenvalue weighted by Crippen LogP contribution is 2.25. The van der Waals surface area contributed by atoms with Crippen LogP contribution in [0.1, 0.15) is 60.5 Å². The van der Waals surface area contributed by atoms with Crippen molar-refractivity contribution in [2.75, 3.05) is 0 Å². The zero-order chi connectivity index (χ0) is 18.7. The summed E-state index contributed by atoms with van der Waals surface area (Å²) in [6.45, 7) is 7.90. The van der Waals surface area contributed by atoms with Crippen molar-refractivity contribution < 1.29 is 9.53 Å². The molecule has 2 aromatic rings. The Morgan fingerprint density at radius 2 is 1.77 bits per heavy atom. The van der Waals surface area contributed by atoms with Gasteiger partial charge < -0.3 is 10.1 Å². The molecule has 1 aliphatic rings. The zero-order valence-corrected chi connectivity index (χ0v) is 16.3. The molecule has 1 aliphatic carbocycles. The molecule has 2 aromatic carbocycles. The number of rotatable bonds is 5. The van der Waals surface area contributed by atoms with Crippen LogP contribution in [0.2, 0.25) is 0 Å². The van der Waals surface area contributed by atoms with Gasteiger partial charge in [0.05, 0.1) is 6.04 Å². The first-order chi connectivity index (χ1) is 12.5. The second-order valence-corrected chi connectivity index (χ2v) is 7.42. The molecule has 0 bridgehead atoms. The minimum absolute atomic E-state index is 0.0283. The highest BCUT2D eigenvalue weighted by molar-refractivity contribution is 5.81. The van der Waals surface area contributed by atoms with Crippen LogP contribution in [0.5, 0.6) is 5.75 Å². The number of hydrogen-bond donors (Lipinski definition) is 1. The van der Waals surface area contributed by atoms with E-state index in [1.54, 1.807) is 6.92 Å². The summed E-state index contributed by atoms with van der Waals surface area (Å²) < 4.78 is 5.90. The number of carbonyl (C=O) groups excluding carboxylic acids is 1. The second-order valence-electron chi connectivity index (χ2n) is 7.42. The lowest BCUT2D eigenvalue weighted by Crippen LogP contribution is -2.38. The van der Waals surface area contributed by atoms with Crippen molar-refractivity contribution in [3.05, 3.63) is 64.2 Å². The Balaban J connectivity index is 1.64. The largest absolute Gasteiger partial charge is 0.481 e. The third-order valence-electron chi connectivity index (χ3n) is 5.46. The van der Waals surface area contributed by atoms with Gasteiger partial charge in [0.1, 0.15) is 5.75 Å².